The molecule has 1 aromatic rings. The number of piperidine rings is 1. The van der Waals surface area contributed by atoms with Crippen molar-refractivity contribution < 1.29 is 4.74 Å². The molecule has 1 aromatic carbocycles. The van der Waals surface area contributed by atoms with E-state index in [1.54, 1.807) is 0 Å². The molecule has 0 spiro atoms. The zero-order chi connectivity index (χ0) is 12.4. The highest BCUT2D eigenvalue weighted by Crippen LogP contribution is 2.41. The molecule has 0 radical (unpaired) electrons. The van der Waals surface area contributed by atoms with Crippen LogP contribution in [0.3, 0.4) is 0 Å². The molecule has 2 heterocycles. The fourth-order valence-corrected chi connectivity index (χ4v) is 3.90. The van der Waals surface area contributed by atoms with Gasteiger partial charge < -0.3 is 10.1 Å². The molecule has 3 rings (SSSR count). The Kier molecular flexibility index (Phi) is 3.73. The number of ether oxygens (including phenoxy) is 1. The smallest absolute Gasteiger partial charge is 0.0586 e. The van der Waals surface area contributed by atoms with E-state index in [0.717, 1.165) is 13.2 Å². The van der Waals surface area contributed by atoms with E-state index in [4.69, 9.17) is 4.74 Å². The Morgan fingerprint density at radius 1 is 1.28 bits per heavy atom. The summed E-state index contributed by atoms with van der Waals surface area (Å²) in [5, 5.41) is 3.66. The molecule has 1 atom stereocenters. The molecule has 2 aliphatic heterocycles. The van der Waals surface area contributed by atoms with Gasteiger partial charge in [0.25, 0.3) is 0 Å². The number of rotatable bonds is 3. The molecule has 1 unspecified atom stereocenters. The van der Waals surface area contributed by atoms with E-state index in [2.05, 4.69) is 45.5 Å². The minimum Gasteiger partial charge on any atom is -0.379 e. The van der Waals surface area contributed by atoms with Crippen molar-refractivity contribution in [2.45, 2.75) is 37.1 Å². The van der Waals surface area contributed by atoms with Crippen LogP contribution < -0.4 is 5.32 Å². The lowest BCUT2D eigenvalue weighted by Gasteiger charge is -2.45. The third-order valence-electron chi connectivity index (χ3n) is 4.25. The normalized spacial score (nSPS) is 26.6. The van der Waals surface area contributed by atoms with Gasteiger partial charge in [-0.05, 0) is 37.4 Å². The summed E-state index contributed by atoms with van der Waals surface area (Å²) >= 11 is 3.70. The molecule has 0 saturated carbocycles. The monoisotopic (exact) mass is 309 g/mol. The Bertz CT molecular complexity index is 411. The minimum absolute atomic E-state index is 0.231. The zero-order valence-electron chi connectivity index (χ0n) is 10.6. The van der Waals surface area contributed by atoms with Crippen LogP contribution in [0.1, 0.15) is 31.2 Å². The van der Waals surface area contributed by atoms with Gasteiger partial charge in [-0.1, -0.05) is 40.5 Å². The highest BCUT2D eigenvalue weighted by molar-refractivity contribution is 9.10. The number of hydrogen-bond donors (Lipinski definition) is 1. The highest BCUT2D eigenvalue weighted by Gasteiger charge is 2.43. The lowest BCUT2D eigenvalue weighted by Crippen LogP contribution is -2.52. The second-order valence-electron chi connectivity index (χ2n) is 5.60. The quantitative estimate of drug-likeness (QED) is 0.925. The van der Waals surface area contributed by atoms with Crippen LogP contribution in [0, 0.1) is 0 Å². The van der Waals surface area contributed by atoms with Crippen molar-refractivity contribution in [3.8, 4) is 0 Å². The van der Waals surface area contributed by atoms with Gasteiger partial charge in [0.1, 0.15) is 0 Å². The molecule has 98 valence electrons. The Balaban J connectivity index is 1.79. The minimum atomic E-state index is 0.231. The van der Waals surface area contributed by atoms with Gasteiger partial charge in [0.2, 0.25) is 0 Å². The summed E-state index contributed by atoms with van der Waals surface area (Å²) < 4.78 is 6.77. The maximum absolute atomic E-state index is 5.54. The average molecular weight is 310 g/mol. The van der Waals surface area contributed by atoms with Gasteiger partial charge in [0.05, 0.1) is 13.2 Å². The van der Waals surface area contributed by atoms with Crippen LogP contribution in [0.5, 0.6) is 0 Å². The van der Waals surface area contributed by atoms with Gasteiger partial charge >= 0.3 is 0 Å². The molecular formula is C15H20BrNO. The first kappa shape index (κ1) is 12.6. The van der Waals surface area contributed by atoms with E-state index in [1.165, 1.54) is 42.3 Å². The summed E-state index contributed by atoms with van der Waals surface area (Å²) in [5.41, 5.74) is 1.65. The van der Waals surface area contributed by atoms with E-state index >= 15 is 0 Å². The standard InChI is InChI=1S/C15H20BrNO/c16-14-7-2-1-6-13(14)15(10-18-11-15)9-12-5-3-4-8-17-12/h1-2,6-7,12,17H,3-5,8-11H2. The van der Waals surface area contributed by atoms with Crippen molar-refractivity contribution >= 4 is 15.9 Å². The number of benzene rings is 1. The van der Waals surface area contributed by atoms with Crippen molar-refractivity contribution in [3.05, 3.63) is 34.3 Å². The van der Waals surface area contributed by atoms with Crippen molar-refractivity contribution in [2.24, 2.45) is 0 Å². The maximum Gasteiger partial charge on any atom is 0.0586 e. The maximum atomic E-state index is 5.54. The Labute approximate surface area is 117 Å². The van der Waals surface area contributed by atoms with Gasteiger partial charge in [-0.15, -0.1) is 0 Å². The van der Waals surface area contributed by atoms with Gasteiger partial charge in [-0.25, -0.2) is 0 Å². The second kappa shape index (κ2) is 5.32. The topological polar surface area (TPSA) is 21.3 Å². The van der Waals surface area contributed by atoms with Crippen LogP contribution in [-0.4, -0.2) is 25.8 Å². The molecule has 3 heteroatoms. The number of hydrogen-bond acceptors (Lipinski definition) is 2. The fraction of sp³-hybridized carbons (Fsp3) is 0.600. The van der Waals surface area contributed by atoms with Gasteiger partial charge in [-0.2, -0.15) is 0 Å². The third-order valence-corrected chi connectivity index (χ3v) is 4.94. The average Bonchev–Trinajstić information content (AvgIpc) is 2.36. The lowest BCUT2D eigenvalue weighted by atomic mass is 9.73. The van der Waals surface area contributed by atoms with Crippen LogP contribution in [-0.2, 0) is 10.2 Å². The first-order chi connectivity index (χ1) is 8.80. The number of halogens is 1. The highest BCUT2D eigenvalue weighted by atomic mass is 79.9. The van der Waals surface area contributed by atoms with Crippen LogP contribution in [0.15, 0.2) is 28.7 Å². The predicted molar refractivity (Wildman–Crippen MR) is 76.9 cm³/mol. The van der Waals surface area contributed by atoms with Crippen LogP contribution >= 0.6 is 15.9 Å². The summed E-state index contributed by atoms with van der Waals surface area (Å²) in [4.78, 5) is 0. The van der Waals surface area contributed by atoms with Crippen LogP contribution in [0.25, 0.3) is 0 Å². The first-order valence-electron chi connectivity index (χ1n) is 6.86. The van der Waals surface area contributed by atoms with Gasteiger partial charge in [0.15, 0.2) is 0 Å². The van der Waals surface area contributed by atoms with Crippen molar-refractivity contribution in [2.75, 3.05) is 19.8 Å². The number of nitrogens with one attached hydrogen (secondary N) is 1. The fourth-order valence-electron chi connectivity index (χ4n) is 3.19. The van der Waals surface area contributed by atoms with E-state index in [9.17, 15) is 0 Å². The molecule has 18 heavy (non-hydrogen) atoms. The van der Waals surface area contributed by atoms with Crippen LogP contribution in [0.4, 0.5) is 0 Å². The Hall–Kier alpha value is -0.380. The molecule has 0 aromatic heterocycles. The molecule has 0 amide bonds. The molecule has 1 N–H and O–H groups in total. The van der Waals surface area contributed by atoms with E-state index < -0.39 is 0 Å². The SMILES string of the molecule is Brc1ccccc1C1(CC2CCCCN2)COC1. The van der Waals surface area contributed by atoms with E-state index in [1.807, 2.05) is 0 Å². The molecule has 0 aliphatic carbocycles. The summed E-state index contributed by atoms with van der Waals surface area (Å²) in [6.45, 7) is 2.92. The summed E-state index contributed by atoms with van der Waals surface area (Å²) in [7, 11) is 0. The molecule has 2 nitrogen and oxygen atoms in total. The molecule has 2 fully saturated rings. The van der Waals surface area contributed by atoms with Crippen LogP contribution in [0.2, 0.25) is 0 Å². The summed E-state index contributed by atoms with van der Waals surface area (Å²) in [5.74, 6) is 0. The zero-order valence-corrected chi connectivity index (χ0v) is 12.2. The van der Waals surface area contributed by atoms with Crippen molar-refractivity contribution in [1.29, 1.82) is 0 Å². The van der Waals surface area contributed by atoms with E-state index in [0.29, 0.717) is 6.04 Å². The lowest BCUT2D eigenvalue weighted by molar-refractivity contribution is -0.0699. The Morgan fingerprint density at radius 3 is 2.72 bits per heavy atom. The largest absolute Gasteiger partial charge is 0.379 e. The summed E-state index contributed by atoms with van der Waals surface area (Å²) in [6, 6.07) is 9.27. The van der Waals surface area contributed by atoms with Crippen molar-refractivity contribution in [3.63, 3.8) is 0 Å². The molecular weight excluding hydrogens is 290 g/mol. The first-order valence-corrected chi connectivity index (χ1v) is 7.66. The second-order valence-corrected chi connectivity index (χ2v) is 6.46. The van der Waals surface area contributed by atoms with Crippen molar-refractivity contribution in [1.82, 2.24) is 5.32 Å². The molecule has 2 aliphatic rings. The van der Waals surface area contributed by atoms with E-state index in [-0.39, 0.29) is 5.41 Å². The summed E-state index contributed by atoms with van der Waals surface area (Å²) in [6.07, 6.45) is 5.21. The Morgan fingerprint density at radius 2 is 2.11 bits per heavy atom. The molecule has 2 saturated heterocycles. The third kappa shape index (κ3) is 2.36. The molecule has 0 bridgehead atoms. The van der Waals surface area contributed by atoms with Gasteiger partial charge in [-0.3, -0.25) is 0 Å². The predicted octanol–water partition coefficient (Wildman–Crippen LogP) is 3.25. The van der Waals surface area contributed by atoms with Gasteiger partial charge in [0, 0.05) is 15.9 Å².